The van der Waals surface area contributed by atoms with Gasteiger partial charge in [-0.15, -0.1) is 11.3 Å². The van der Waals surface area contributed by atoms with E-state index in [4.69, 9.17) is 11.6 Å². The quantitative estimate of drug-likeness (QED) is 0.229. The molecule has 1 amide bonds. The van der Waals surface area contributed by atoms with Gasteiger partial charge in [-0.2, -0.15) is 0 Å². The largest absolute Gasteiger partial charge is 0.349 e. The van der Waals surface area contributed by atoms with Crippen LogP contribution in [0.5, 0.6) is 0 Å². The molecule has 0 aliphatic rings. The second-order valence-electron chi connectivity index (χ2n) is 9.25. The lowest BCUT2D eigenvalue weighted by atomic mass is 9.88. The number of hydrogen-bond donors (Lipinski definition) is 1. The zero-order valence-corrected chi connectivity index (χ0v) is 22.3. The van der Waals surface area contributed by atoms with E-state index >= 15 is 0 Å². The van der Waals surface area contributed by atoms with Crippen molar-refractivity contribution in [3.8, 4) is 0 Å². The second-order valence-corrected chi connectivity index (χ2v) is 10.6. The summed E-state index contributed by atoms with van der Waals surface area (Å²) >= 11 is 7.66. The molecule has 1 heterocycles. The van der Waals surface area contributed by atoms with Crippen molar-refractivity contribution < 1.29 is 4.79 Å². The number of rotatable bonds is 11. The molecular formula is C30H32ClN3OS. The van der Waals surface area contributed by atoms with Crippen LogP contribution in [-0.2, 0) is 13.1 Å². The maximum atomic E-state index is 12.4. The van der Waals surface area contributed by atoms with E-state index in [9.17, 15) is 4.79 Å². The third-order valence-electron chi connectivity index (χ3n) is 6.02. The van der Waals surface area contributed by atoms with E-state index in [0.29, 0.717) is 18.2 Å². The Bertz CT molecular complexity index is 1190. The summed E-state index contributed by atoms with van der Waals surface area (Å²) in [6, 6.07) is 29.5. The molecule has 0 spiro atoms. The second kappa shape index (κ2) is 12.8. The number of nitrogens with zero attached hydrogens (tertiary/aromatic N) is 2. The van der Waals surface area contributed by atoms with Crippen LogP contribution in [0, 0.1) is 0 Å². The van der Waals surface area contributed by atoms with Gasteiger partial charge in [0.25, 0.3) is 5.91 Å². The number of thiazole rings is 1. The number of amides is 1. The first-order chi connectivity index (χ1) is 17.5. The first kappa shape index (κ1) is 26.1. The molecule has 186 valence electrons. The summed E-state index contributed by atoms with van der Waals surface area (Å²) in [5.74, 6) is 0.175. The molecule has 0 atom stereocenters. The van der Waals surface area contributed by atoms with Crippen molar-refractivity contribution in [1.82, 2.24) is 15.2 Å². The van der Waals surface area contributed by atoms with Crippen molar-refractivity contribution in [3.05, 3.63) is 123 Å². The fraction of sp³-hybridized carbons (Fsp3) is 0.267. The molecule has 0 unspecified atom stereocenters. The Morgan fingerprint density at radius 1 is 0.917 bits per heavy atom. The fourth-order valence-corrected chi connectivity index (χ4v) is 5.23. The highest BCUT2D eigenvalue weighted by molar-refractivity contribution is 7.09. The monoisotopic (exact) mass is 517 g/mol. The Labute approximate surface area is 223 Å². The molecule has 36 heavy (non-hydrogen) atoms. The minimum atomic E-state index is -0.120. The molecule has 3 aromatic carbocycles. The normalized spacial score (nSPS) is 11.4. The molecule has 0 bridgehead atoms. The van der Waals surface area contributed by atoms with E-state index in [1.807, 2.05) is 31.4 Å². The zero-order chi connectivity index (χ0) is 25.3. The average Bonchev–Trinajstić information content (AvgIpc) is 3.35. The Hall–Kier alpha value is -2.99. The summed E-state index contributed by atoms with van der Waals surface area (Å²) in [4.78, 5) is 19.5. The van der Waals surface area contributed by atoms with Crippen molar-refractivity contribution in [2.24, 2.45) is 0 Å². The van der Waals surface area contributed by atoms with Crippen molar-refractivity contribution in [2.45, 2.75) is 45.3 Å². The van der Waals surface area contributed by atoms with Crippen LogP contribution in [0.2, 0.25) is 5.02 Å². The van der Waals surface area contributed by atoms with Gasteiger partial charge >= 0.3 is 0 Å². The summed E-state index contributed by atoms with van der Waals surface area (Å²) in [5.41, 5.74) is 4.32. The van der Waals surface area contributed by atoms with E-state index in [-0.39, 0.29) is 11.9 Å². The lowest BCUT2D eigenvalue weighted by molar-refractivity contribution is 0.0938. The molecule has 0 radical (unpaired) electrons. The van der Waals surface area contributed by atoms with Crippen molar-refractivity contribution >= 4 is 28.8 Å². The number of halogens is 1. The van der Waals surface area contributed by atoms with Gasteiger partial charge in [0.15, 0.2) is 0 Å². The summed E-state index contributed by atoms with van der Waals surface area (Å²) in [6.45, 7) is 6.24. The summed E-state index contributed by atoms with van der Waals surface area (Å²) in [6.07, 6.45) is 0.966. The van der Waals surface area contributed by atoms with E-state index in [1.54, 1.807) is 0 Å². The molecular weight excluding hydrogens is 486 g/mol. The highest BCUT2D eigenvalue weighted by atomic mass is 35.5. The molecule has 0 fully saturated rings. The molecule has 4 aromatic rings. The smallest absolute Gasteiger partial charge is 0.270 e. The van der Waals surface area contributed by atoms with Crippen LogP contribution in [-0.4, -0.2) is 28.4 Å². The molecule has 0 saturated carbocycles. The Kier molecular flexibility index (Phi) is 9.29. The maximum Gasteiger partial charge on any atom is 0.270 e. The van der Waals surface area contributed by atoms with Crippen LogP contribution < -0.4 is 5.32 Å². The van der Waals surface area contributed by atoms with Gasteiger partial charge in [0, 0.05) is 28.9 Å². The van der Waals surface area contributed by atoms with Gasteiger partial charge in [-0.25, -0.2) is 4.98 Å². The Balaban J connectivity index is 1.53. The van der Waals surface area contributed by atoms with Gasteiger partial charge < -0.3 is 5.32 Å². The van der Waals surface area contributed by atoms with Crippen LogP contribution in [0.1, 0.15) is 58.4 Å². The van der Waals surface area contributed by atoms with Crippen molar-refractivity contribution in [1.29, 1.82) is 0 Å². The molecule has 0 aliphatic heterocycles. The molecule has 4 nitrogen and oxygen atoms in total. The standard InChI is InChI=1S/C30H32ClN3OS/c1-22(2)32-30(35)28-21-36-29(33-28)20-34(19-23-13-15-26(31)16-14-23)18-17-27(24-9-5-3-6-10-24)25-11-7-4-8-12-25/h3-16,21-22,27H,17-20H2,1-2H3,(H,32,35). The predicted molar refractivity (Wildman–Crippen MR) is 150 cm³/mol. The Morgan fingerprint density at radius 3 is 2.11 bits per heavy atom. The number of carbonyl (C=O) groups excluding carboxylic acids is 1. The number of carbonyl (C=O) groups is 1. The lowest BCUT2D eigenvalue weighted by Gasteiger charge is -2.25. The number of nitrogens with one attached hydrogen (secondary N) is 1. The minimum Gasteiger partial charge on any atom is -0.349 e. The highest BCUT2D eigenvalue weighted by Gasteiger charge is 2.18. The van der Waals surface area contributed by atoms with E-state index in [2.05, 4.69) is 88.0 Å². The van der Waals surface area contributed by atoms with E-state index < -0.39 is 0 Å². The molecule has 1 aromatic heterocycles. The van der Waals surface area contributed by atoms with Crippen molar-refractivity contribution in [3.63, 3.8) is 0 Å². The zero-order valence-electron chi connectivity index (χ0n) is 20.7. The van der Waals surface area contributed by atoms with Gasteiger partial charge in [0.05, 0.1) is 6.54 Å². The van der Waals surface area contributed by atoms with Crippen LogP contribution in [0.15, 0.2) is 90.3 Å². The van der Waals surface area contributed by atoms with Crippen molar-refractivity contribution in [2.75, 3.05) is 6.54 Å². The first-order valence-electron chi connectivity index (χ1n) is 12.3. The highest BCUT2D eigenvalue weighted by Crippen LogP contribution is 2.29. The number of hydrogen-bond acceptors (Lipinski definition) is 4. The summed E-state index contributed by atoms with van der Waals surface area (Å²) in [5, 5.41) is 6.45. The minimum absolute atomic E-state index is 0.0805. The topological polar surface area (TPSA) is 45.2 Å². The third kappa shape index (κ3) is 7.50. The maximum absolute atomic E-state index is 12.4. The molecule has 6 heteroatoms. The molecule has 0 aliphatic carbocycles. The van der Waals surface area contributed by atoms with Gasteiger partial charge in [0.1, 0.15) is 10.7 Å². The average molecular weight is 518 g/mol. The fourth-order valence-electron chi connectivity index (χ4n) is 4.29. The van der Waals surface area contributed by atoms with E-state index in [0.717, 1.165) is 29.5 Å². The summed E-state index contributed by atoms with van der Waals surface area (Å²) in [7, 11) is 0. The van der Waals surface area contributed by atoms with Crippen LogP contribution in [0.3, 0.4) is 0 Å². The van der Waals surface area contributed by atoms with E-state index in [1.165, 1.54) is 28.0 Å². The van der Waals surface area contributed by atoms with Crippen LogP contribution in [0.25, 0.3) is 0 Å². The van der Waals surface area contributed by atoms with Gasteiger partial charge in [0.2, 0.25) is 0 Å². The third-order valence-corrected chi connectivity index (χ3v) is 7.11. The molecule has 4 rings (SSSR count). The molecule has 1 N–H and O–H groups in total. The lowest BCUT2D eigenvalue weighted by Crippen LogP contribution is -2.30. The van der Waals surface area contributed by atoms with Crippen LogP contribution >= 0.6 is 22.9 Å². The SMILES string of the molecule is CC(C)NC(=O)c1csc(CN(CCC(c2ccccc2)c2ccccc2)Cc2ccc(Cl)cc2)n1. The first-order valence-corrected chi connectivity index (χ1v) is 13.6. The van der Waals surface area contributed by atoms with Gasteiger partial charge in [-0.1, -0.05) is 84.4 Å². The number of benzene rings is 3. The number of aromatic nitrogens is 1. The summed E-state index contributed by atoms with van der Waals surface area (Å²) < 4.78 is 0. The van der Waals surface area contributed by atoms with Gasteiger partial charge in [-0.05, 0) is 55.6 Å². The Morgan fingerprint density at radius 2 is 1.53 bits per heavy atom. The molecule has 0 saturated heterocycles. The van der Waals surface area contributed by atoms with Crippen LogP contribution in [0.4, 0.5) is 0 Å². The van der Waals surface area contributed by atoms with Gasteiger partial charge in [-0.3, -0.25) is 9.69 Å². The predicted octanol–water partition coefficient (Wildman–Crippen LogP) is 7.16.